The van der Waals surface area contributed by atoms with E-state index in [1.807, 2.05) is 12.1 Å². The number of carboxylic acid groups (broad SMARTS) is 1. The molecular formula is C32H34ClNO5. The van der Waals surface area contributed by atoms with Gasteiger partial charge in [-0.1, -0.05) is 48.5 Å². The molecule has 0 amide bonds. The van der Waals surface area contributed by atoms with Gasteiger partial charge < -0.3 is 24.6 Å². The summed E-state index contributed by atoms with van der Waals surface area (Å²) in [6.07, 6.45) is 1.57. The fourth-order valence-electron chi connectivity index (χ4n) is 5.12. The molecule has 4 aromatic rings. The van der Waals surface area contributed by atoms with E-state index >= 15 is 0 Å². The highest BCUT2D eigenvalue weighted by Gasteiger charge is 2.27. The lowest BCUT2D eigenvalue weighted by atomic mass is 9.87. The highest BCUT2D eigenvalue weighted by Crippen LogP contribution is 2.30. The largest absolute Gasteiger partial charge is 0.497 e. The number of hydrogen-bond acceptors (Lipinski definition) is 5. The van der Waals surface area contributed by atoms with Crippen LogP contribution < -0.4 is 14.8 Å². The molecule has 0 radical (unpaired) electrons. The van der Waals surface area contributed by atoms with Gasteiger partial charge in [-0.25, -0.2) is 4.79 Å². The molecule has 2 N–H and O–H groups in total. The van der Waals surface area contributed by atoms with E-state index in [2.05, 4.69) is 59.9 Å². The minimum absolute atomic E-state index is 0. The van der Waals surface area contributed by atoms with Crippen LogP contribution in [0.25, 0.3) is 10.8 Å². The Labute approximate surface area is 235 Å². The summed E-state index contributed by atoms with van der Waals surface area (Å²) >= 11 is 0. The number of methoxy groups -OCH3 is 1. The number of carbonyl (C=O) groups is 1. The molecule has 0 aromatic heterocycles. The van der Waals surface area contributed by atoms with Crippen LogP contribution in [0.1, 0.15) is 39.4 Å². The van der Waals surface area contributed by atoms with Crippen molar-refractivity contribution in [3.63, 3.8) is 0 Å². The van der Waals surface area contributed by atoms with Crippen molar-refractivity contribution in [2.75, 3.05) is 26.8 Å². The number of rotatable bonds is 10. The van der Waals surface area contributed by atoms with Crippen molar-refractivity contribution in [2.24, 2.45) is 0 Å². The van der Waals surface area contributed by atoms with Gasteiger partial charge in [0, 0.05) is 18.9 Å². The molecule has 0 bridgehead atoms. The van der Waals surface area contributed by atoms with Crippen molar-refractivity contribution >= 4 is 29.1 Å². The van der Waals surface area contributed by atoms with Gasteiger partial charge in [-0.05, 0) is 76.8 Å². The fraction of sp³-hybridized carbons (Fsp3) is 0.281. The number of halogens is 1. The van der Waals surface area contributed by atoms with Crippen LogP contribution in [-0.2, 0) is 17.8 Å². The predicted octanol–water partition coefficient (Wildman–Crippen LogP) is 6.25. The number of hydrogen-bond donors (Lipinski definition) is 2. The van der Waals surface area contributed by atoms with Crippen LogP contribution in [-0.4, -0.2) is 44.0 Å². The van der Waals surface area contributed by atoms with Crippen LogP contribution >= 0.6 is 12.4 Å². The number of nitrogens with one attached hydrogen (secondary N) is 1. The summed E-state index contributed by atoms with van der Waals surface area (Å²) in [6.45, 7) is 2.74. The van der Waals surface area contributed by atoms with Crippen molar-refractivity contribution in [1.82, 2.24) is 5.32 Å². The molecule has 1 heterocycles. The normalized spacial score (nSPS) is 16.8. The van der Waals surface area contributed by atoms with E-state index in [0.717, 1.165) is 25.3 Å². The van der Waals surface area contributed by atoms with Gasteiger partial charge in [-0.15, -0.1) is 12.4 Å². The lowest BCUT2D eigenvalue weighted by molar-refractivity contribution is 0.0106. The Kier molecular flexibility index (Phi) is 9.82. The van der Waals surface area contributed by atoms with Crippen LogP contribution in [0.3, 0.4) is 0 Å². The molecule has 5 rings (SSSR count). The molecule has 6 nitrogen and oxygen atoms in total. The lowest BCUT2D eigenvalue weighted by Gasteiger charge is -2.32. The van der Waals surface area contributed by atoms with Crippen molar-refractivity contribution in [3.8, 4) is 11.5 Å². The number of carboxylic acids is 1. The first kappa shape index (κ1) is 28.4. The molecule has 7 heteroatoms. The number of piperidine rings is 1. The highest BCUT2D eigenvalue weighted by atomic mass is 35.5. The number of benzene rings is 4. The zero-order valence-corrected chi connectivity index (χ0v) is 22.8. The average molecular weight is 548 g/mol. The van der Waals surface area contributed by atoms with E-state index in [1.165, 1.54) is 21.9 Å². The SMILES string of the molecule is COc1ccc(C(=O)O)c(CCOc2ccc(C3CCNCC3OCc3ccc4ccccc4c3)cc2)c1.Cl. The summed E-state index contributed by atoms with van der Waals surface area (Å²) in [4.78, 5) is 11.6. The zero-order valence-electron chi connectivity index (χ0n) is 22.0. The molecule has 1 fully saturated rings. The second-order valence-corrected chi connectivity index (χ2v) is 9.63. The first-order valence-electron chi connectivity index (χ1n) is 13.0. The van der Waals surface area contributed by atoms with E-state index in [1.54, 1.807) is 25.3 Å². The van der Waals surface area contributed by atoms with Gasteiger partial charge in [-0.3, -0.25) is 0 Å². The van der Waals surface area contributed by atoms with Crippen LogP contribution in [0, 0.1) is 0 Å². The van der Waals surface area contributed by atoms with Crippen LogP contribution in [0.2, 0.25) is 0 Å². The Hall–Kier alpha value is -3.58. The quantitative estimate of drug-likeness (QED) is 0.244. The molecular weight excluding hydrogens is 514 g/mol. The molecule has 2 atom stereocenters. The Bertz CT molecular complexity index is 1390. The molecule has 2 unspecified atom stereocenters. The van der Waals surface area contributed by atoms with Gasteiger partial charge in [0.15, 0.2) is 0 Å². The van der Waals surface area contributed by atoms with E-state index in [4.69, 9.17) is 14.2 Å². The van der Waals surface area contributed by atoms with Gasteiger partial charge in [0.1, 0.15) is 11.5 Å². The smallest absolute Gasteiger partial charge is 0.335 e. The number of ether oxygens (including phenoxy) is 3. The van der Waals surface area contributed by atoms with Gasteiger partial charge >= 0.3 is 5.97 Å². The summed E-state index contributed by atoms with van der Waals surface area (Å²) in [5.41, 5.74) is 3.38. The third-order valence-electron chi connectivity index (χ3n) is 7.20. The minimum Gasteiger partial charge on any atom is -0.497 e. The van der Waals surface area contributed by atoms with E-state index in [-0.39, 0.29) is 24.1 Å². The predicted molar refractivity (Wildman–Crippen MR) is 156 cm³/mol. The third kappa shape index (κ3) is 7.09. The van der Waals surface area contributed by atoms with Crippen LogP contribution in [0.5, 0.6) is 11.5 Å². The first-order chi connectivity index (χ1) is 18.6. The molecule has 204 valence electrons. The van der Waals surface area contributed by atoms with Gasteiger partial charge in [0.25, 0.3) is 0 Å². The van der Waals surface area contributed by atoms with E-state index < -0.39 is 5.97 Å². The van der Waals surface area contributed by atoms with Crippen LogP contribution in [0.4, 0.5) is 0 Å². The van der Waals surface area contributed by atoms with Crippen molar-refractivity contribution in [1.29, 1.82) is 0 Å². The Morgan fingerprint density at radius 1 is 0.949 bits per heavy atom. The molecule has 4 aromatic carbocycles. The van der Waals surface area contributed by atoms with E-state index in [0.29, 0.717) is 36.9 Å². The third-order valence-corrected chi connectivity index (χ3v) is 7.20. The molecule has 1 saturated heterocycles. The van der Waals surface area contributed by atoms with Crippen LogP contribution in [0.15, 0.2) is 84.9 Å². The summed E-state index contributed by atoms with van der Waals surface area (Å²) in [6, 6.07) is 28.1. The summed E-state index contributed by atoms with van der Waals surface area (Å²) in [5.74, 6) is 0.747. The topological polar surface area (TPSA) is 77.0 Å². The highest BCUT2D eigenvalue weighted by molar-refractivity contribution is 5.89. The Morgan fingerprint density at radius 2 is 1.72 bits per heavy atom. The van der Waals surface area contributed by atoms with E-state index in [9.17, 15) is 9.90 Å². The van der Waals surface area contributed by atoms with Crippen molar-refractivity contribution in [2.45, 2.75) is 31.5 Å². The minimum atomic E-state index is -0.952. The molecule has 0 spiro atoms. The summed E-state index contributed by atoms with van der Waals surface area (Å²) in [7, 11) is 1.57. The lowest BCUT2D eigenvalue weighted by Crippen LogP contribution is -2.40. The summed E-state index contributed by atoms with van der Waals surface area (Å²) < 4.78 is 17.6. The first-order valence-corrected chi connectivity index (χ1v) is 13.0. The van der Waals surface area contributed by atoms with Crippen molar-refractivity contribution in [3.05, 3.63) is 107 Å². The standard InChI is InChI=1S/C32H33NO5.ClH/c1-36-28-12-13-30(32(34)35)26(19-28)15-17-37-27-10-8-24(9-11-27)29-14-16-33-20-31(29)38-21-22-6-7-23-4-2-3-5-25(23)18-22;/h2-13,18-19,29,31,33H,14-17,20-21H2,1H3,(H,34,35);1H. The monoisotopic (exact) mass is 547 g/mol. The maximum atomic E-state index is 11.6. The second kappa shape index (κ2) is 13.5. The molecule has 0 aliphatic carbocycles. The molecule has 1 aliphatic heterocycles. The number of aromatic carboxylic acids is 1. The fourth-order valence-corrected chi connectivity index (χ4v) is 5.12. The van der Waals surface area contributed by atoms with Crippen molar-refractivity contribution < 1.29 is 24.1 Å². The summed E-state index contributed by atoms with van der Waals surface area (Å²) in [5, 5.41) is 15.4. The van der Waals surface area contributed by atoms with Gasteiger partial charge in [0.05, 0.1) is 32.0 Å². The molecule has 39 heavy (non-hydrogen) atoms. The van der Waals surface area contributed by atoms with Gasteiger partial charge in [-0.2, -0.15) is 0 Å². The molecule has 1 aliphatic rings. The molecule has 0 saturated carbocycles. The van der Waals surface area contributed by atoms with Gasteiger partial charge in [0.2, 0.25) is 0 Å². The Morgan fingerprint density at radius 3 is 2.49 bits per heavy atom. The zero-order chi connectivity index (χ0) is 26.3. The number of fused-ring (bicyclic) bond motifs is 1. The maximum Gasteiger partial charge on any atom is 0.335 e. The second-order valence-electron chi connectivity index (χ2n) is 9.63. The Balaban J connectivity index is 0.00000353. The average Bonchev–Trinajstić information content (AvgIpc) is 2.96. The maximum absolute atomic E-state index is 11.6.